The van der Waals surface area contributed by atoms with Crippen LogP contribution in [-0.2, 0) is 4.74 Å². The molecular weight excluding hydrogens is 336 g/mol. The maximum Gasteiger partial charge on any atom is 0.199 e. The molecule has 3 aromatic carbocycles. The highest BCUT2D eigenvalue weighted by Crippen LogP contribution is 2.20. The van der Waals surface area contributed by atoms with E-state index >= 15 is 0 Å². The van der Waals surface area contributed by atoms with Crippen molar-refractivity contribution < 1.29 is 14.3 Å². The Morgan fingerprint density at radius 3 is 2.56 bits per heavy atom. The molecule has 1 fully saturated rings. The minimum atomic E-state index is -0.173. The Bertz CT molecular complexity index is 951. The van der Waals surface area contributed by atoms with E-state index in [0.29, 0.717) is 5.56 Å². The van der Waals surface area contributed by atoms with E-state index in [9.17, 15) is 4.79 Å². The second kappa shape index (κ2) is 8.19. The third kappa shape index (κ3) is 4.44. The summed E-state index contributed by atoms with van der Waals surface area (Å²) in [5.74, 6) is 0.709. The standard InChI is InChI=1S/C24H22O3/c25-23(15-9-18-8-10-19-5-1-2-6-21(19)17-18)20-11-13-22(14-12-20)27-24-7-3-4-16-26-24/h1-2,5-6,8-15,17,24H,3-4,7,16H2/b15-9+. The van der Waals surface area contributed by atoms with E-state index in [1.807, 2.05) is 36.4 Å². The molecule has 1 aliphatic heterocycles. The third-order valence-electron chi connectivity index (χ3n) is 4.74. The molecule has 0 aromatic heterocycles. The van der Waals surface area contributed by atoms with Gasteiger partial charge in [0.25, 0.3) is 0 Å². The summed E-state index contributed by atoms with van der Waals surface area (Å²) < 4.78 is 11.4. The highest BCUT2D eigenvalue weighted by Gasteiger charge is 2.15. The first-order valence-electron chi connectivity index (χ1n) is 9.37. The highest BCUT2D eigenvalue weighted by atomic mass is 16.7. The molecule has 0 N–H and O–H groups in total. The van der Waals surface area contributed by atoms with Gasteiger partial charge in [-0.05, 0) is 65.6 Å². The molecule has 3 aromatic rings. The molecule has 1 saturated heterocycles. The van der Waals surface area contributed by atoms with Crippen LogP contribution in [0.15, 0.2) is 72.8 Å². The molecule has 0 radical (unpaired) electrons. The van der Waals surface area contributed by atoms with E-state index in [4.69, 9.17) is 9.47 Å². The average molecular weight is 358 g/mol. The van der Waals surface area contributed by atoms with Crippen molar-refractivity contribution in [2.45, 2.75) is 25.6 Å². The summed E-state index contributed by atoms with van der Waals surface area (Å²) in [6.07, 6.45) is 6.43. The van der Waals surface area contributed by atoms with Crippen LogP contribution < -0.4 is 4.74 Å². The van der Waals surface area contributed by atoms with E-state index in [2.05, 4.69) is 24.3 Å². The molecular formula is C24H22O3. The number of benzene rings is 3. The zero-order valence-corrected chi connectivity index (χ0v) is 15.1. The largest absolute Gasteiger partial charge is 0.465 e. The molecule has 4 rings (SSSR count). The lowest BCUT2D eigenvalue weighted by atomic mass is 10.1. The zero-order valence-electron chi connectivity index (χ0n) is 15.1. The summed E-state index contributed by atoms with van der Waals surface area (Å²) in [6, 6.07) is 21.6. The highest BCUT2D eigenvalue weighted by molar-refractivity contribution is 6.07. The fourth-order valence-electron chi connectivity index (χ4n) is 3.23. The summed E-state index contributed by atoms with van der Waals surface area (Å²) in [4.78, 5) is 12.4. The van der Waals surface area contributed by atoms with Gasteiger partial charge in [0.1, 0.15) is 5.75 Å². The lowest BCUT2D eigenvalue weighted by molar-refractivity contribution is -0.105. The lowest BCUT2D eigenvalue weighted by Gasteiger charge is -2.23. The number of ether oxygens (including phenoxy) is 2. The summed E-state index contributed by atoms with van der Waals surface area (Å²) >= 11 is 0. The molecule has 27 heavy (non-hydrogen) atoms. The molecule has 0 aliphatic carbocycles. The van der Waals surface area contributed by atoms with Gasteiger partial charge in [-0.3, -0.25) is 4.79 Å². The van der Waals surface area contributed by atoms with Gasteiger partial charge in [0.2, 0.25) is 0 Å². The van der Waals surface area contributed by atoms with Gasteiger partial charge in [0.15, 0.2) is 12.1 Å². The normalized spacial score (nSPS) is 17.3. The minimum Gasteiger partial charge on any atom is -0.465 e. The molecule has 0 bridgehead atoms. The smallest absolute Gasteiger partial charge is 0.199 e. The van der Waals surface area contributed by atoms with Crippen molar-refractivity contribution in [1.82, 2.24) is 0 Å². The SMILES string of the molecule is O=C(/C=C/c1ccc2ccccc2c1)c1ccc(OC2CCCCO2)cc1. The molecule has 1 heterocycles. The molecule has 3 heteroatoms. The number of fused-ring (bicyclic) bond motifs is 1. The van der Waals surface area contributed by atoms with Gasteiger partial charge in [-0.1, -0.05) is 42.5 Å². The topological polar surface area (TPSA) is 35.5 Å². The van der Waals surface area contributed by atoms with Gasteiger partial charge in [-0.2, -0.15) is 0 Å². The van der Waals surface area contributed by atoms with Gasteiger partial charge in [0, 0.05) is 12.0 Å². The molecule has 136 valence electrons. The predicted octanol–water partition coefficient (Wildman–Crippen LogP) is 5.64. The van der Waals surface area contributed by atoms with Crippen LogP contribution in [-0.4, -0.2) is 18.7 Å². The number of ketones is 1. The Kier molecular flexibility index (Phi) is 5.31. The summed E-state index contributed by atoms with van der Waals surface area (Å²) in [5.41, 5.74) is 1.65. The van der Waals surface area contributed by atoms with Gasteiger partial charge in [0.05, 0.1) is 6.61 Å². The van der Waals surface area contributed by atoms with Gasteiger partial charge < -0.3 is 9.47 Å². The van der Waals surface area contributed by atoms with Crippen molar-refractivity contribution in [2.75, 3.05) is 6.61 Å². The third-order valence-corrected chi connectivity index (χ3v) is 4.74. The molecule has 1 unspecified atom stereocenters. The number of hydrogen-bond donors (Lipinski definition) is 0. The molecule has 0 amide bonds. The Morgan fingerprint density at radius 1 is 0.963 bits per heavy atom. The van der Waals surface area contributed by atoms with Crippen LogP contribution in [0.2, 0.25) is 0 Å². The van der Waals surface area contributed by atoms with Crippen molar-refractivity contribution in [2.24, 2.45) is 0 Å². The molecule has 3 nitrogen and oxygen atoms in total. The predicted molar refractivity (Wildman–Crippen MR) is 108 cm³/mol. The number of carbonyl (C=O) groups excluding carboxylic acids is 1. The quantitative estimate of drug-likeness (QED) is 0.437. The average Bonchev–Trinajstić information content (AvgIpc) is 2.73. The molecule has 1 aliphatic rings. The van der Waals surface area contributed by atoms with Crippen molar-refractivity contribution in [3.05, 3.63) is 83.9 Å². The van der Waals surface area contributed by atoms with E-state index in [1.54, 1.807) is 18.2 Å². The van der Waals surface area contributed by atoms with Crippen LogP contribution in [0, 0.1) is 0 Å². The van der Waals surface area contributed by atoms with E-state index in [1.165, 1.54) is 10.8 Å². The summed E-state index contributed by atoms with van der Waals surface area (Å²) in [7, 11) is 0. The number of allylic oxidation sites excluding steroid dienone is 1. The van der Waals surface area contributed by atoms with Crippen molar-refractivity contribution in [3.8, 4) is 5.75 Å². The van der Waals surface area contributed by atoms with Crippen molar-refractivity contribution in [3.63, 3.8) is 0 Å². The first-order valence-corrected chi connectivity index (χ1v) is 9.37. The fourth-order valence-corrected chi connectivity index (χ4v) is 3.23. The molecule has 1 atom stereocenters. The van der Waals surface area contributed by atoms with Gasteiger partial charge in [-0.15, -0.1) is 0 Å². The van der Waals surface area contributed by atoms with Gasteiger partial charge in [-0.25, -0.2) is 0 Å². The lowest BCUT2D eigenvalue weighted by Crippen LogP contribution is -2.24. The van der Waals surface area contributed by atoms with Crippen LogP contribution in [0.5, 0.6) is 5.75 Å². The van der Waals surface area contributed by atoms with Crippen LogP contribution in [0.3, 0.4) is 0 Å². The van der Waals surface area contributed by atoms with E-state index in [0.717, 1.165) is 37.2 Å². The summed E-state index contributed by atoms with van der Waals surface area (Å²) in [5, 5.41) is 2.36. The zero-order chi connectivity index (χ0) is 18.5. The van der Waals surface area contributed by atoms with Gasteiger partial charge >= 0.3 is 0 Å². The monoisotopic (exact) mass is 358 g/mol. The van der Waals surface area contributed by atoms with Crippen LogP contribution in [0.1, 0.15) is 35.2 Å². The minimum absolute atomic E-state index is 0.0244. The second-order valence-corrected chi connectivity index (χ2v) is 6.74. The Balaban J connectivity index is 1.41. The Labute approximate surface area is 159 Å². The van der Waals surface area contributed by atoms with Crippen LogP contribution in [0.25, 0.3) is 16.8 Å². The molecule has 0 spiro atoms. The second-order valence-electron chi connectivity index (χ2n) is 6.74. The van der Waals surface area contributed by atoms with Crippen molar-refractivity contribution >= 4 is 22.6 Å². The summed E-state index contributed by atoms with van der Waals surface area (Å²) in [6.45, 7) is 0.751. The van der Waals surface area contributed by atoms with Crippen LogP contribution in [0.4, 0.5) is 0 Å². The number of carbonyl (C=O) groups is 1. The van der Waals surface area contributed by atoms with E-state index < -0.39 is 0 Å². The Hall–Kier alpha value is -2.91. The number of rotatable bonds is 5. The maximum atomic E-state index is 12.4. The molecule has 0 saturated carbocycles. The fraction of sp³-hybridized carbons (Fsp3) is 0.208. The van der Waals surface area contributed by atoms with E-state index in [-0.39, 0.29) is 12.1 Å². The maximum absolute atomic E-state index is 12.4. The van der Waals surface area contributed by atoms with Crippen LogP contribution >= 0.6 is 0 Å². The first-order chi connectivity index (χ1) is 13.3. The van der Waals surface area contributed by atoms with Crippen molar-refractivity contribution in [1.29, 1.82) is 0 Å². The number of hydrogen-bond acceptors (Lipinski definition) is 3. The Morgan fingerprint density at radius 2 is 1.78 bits per heavy atom. The first kappa shape index (κ1) is 17.5.